The molecule has 4 rings (SSSR count). The zero-order chi connectivity index (χ0) is 16.9. The Morgan fingerprint density at radius 2 is 1.83 bits per heavy atom. The Bertz CT molecular complexity index is 842. The maximum Gasteiger partial charge on any atom is 0.262 e. The number of amides is 1. The van der Waals surface area contributed by atoms with Gasteiger partial charge in [0.05, 0.1) is 29.9 Å². The molecule has 0 aromatic heterocycles. The molecule has 2 aliphatic heterocycles. The predicted octanol–water partition coefficient (Wildman–Crippen LogP) is 3.44. The molecule has 2 aromatic carbocycles. The Morgan fingerprint density at radius 1 is 1.12 bits per heavy atom. The van der Waals surface area contributed by atoms with E-state index < -0.39 is 0 Å². The van der Waals surface area contributed by atoms with Gasteiger partial charge in [0.25, 0.3) is 5.91 Å². The van der Waals surface area contributed by atoms with Crippen molar-refractivity contribution < 1.29 is 9.18 Å². The first kappa shape index (κ1) is 14.9. The topological polar surface area (TPSA) is 35.9 Å². The molecule has 2 aromatic rings. The summed E-state index contributed by atoms with van der Waals surface area (Å²) in [6.45, 7) is 5.14. The van der Waals surface area contributed by atoms with Gasteiger partial charge >= 0.3 is 0 Å². The summed E-state index contributed by atoms with van der Waals surface area (Å²) in [5.41, 5.74) is 2.18. The molecule has 122 valence electrons. The molecule has 2 heterocycles. The second-order valence-electron chi connectivity index (χ2n) is 6.85. The Balaban J connectivity index is 1.81. The van der Waals surface area contributed by atoms with E-state index in [1.54, 1.807) is 17.0 Å². The van der Waals surface area contributed by atoms with Crippen LogP contribution in [0.1, 0.15) is 29.8 Å². The molecule has 2 aliphatic rings. The minimum absolute atomic E-state index is 0.00900. The van der Waals surface area contributed by atoms with Crippen LogP contribution < -0.4 is 4.90 Å². The summed E-state index contributed by atoms with van der Waals surface area (Å²) in [4.78, 5) is 21.3. The first-order valence-corrected chi connectivity index (χ1v) is 7.97. The third kappa shape index (κ3) is 2.37. The molecule has 4 nitrogen and oxygen atoms in total. The monoisotopic (exact) mass is 323 g/mol. The van der Waals surface area contributed by atoms with Crippen LogP contribution in [-0.2, 0) is 6.54 Å². The number of fused-ring (bicyclic) bond motifs is 2. The number of guanidine groups is 1. The van der Waals surface area contributed by atoms with Crippen molar-refractivity contribution in [3.8, 4) is 0 Å². The van der Waals surface area contributed by atoms with Crippen LogP contribution in [0.25, 0.3) is 0 Å². The van der Waals surface area contributed by atoms with Crippen molar-refractivity contribution in [1.82, 2.24) is 4.90 Å². The van der Waals surface area contributed by atoms with E-state index in [-0.39, 0.29) is 17.3 Å². The standard InChI is InChI=1S/C19H18FN3O/c1-19(2)12-23-17(24)15-5-3-4-6-16(15)22(18(23)21-19)11-13-7-9-14(20)10-8-13/h3-10H,11-12H2,1-2H3. The number of aliphatic imine (C=N–C) groups is 1. The lowest BCUT2D eigenvalue weighted by Crippen LogP contribution is -2.50. The fourth-order valence-corrected chi connectivity index (χ4v) is 3.26. The summed E-state index contributed by atoms with van der Waals surface area (Å²) in [6, 6.07) is 14.0. The normalized spacial score (nSPS) is 18.3. The highest BCUT2D eigenvalue weighted by atomic mass is 19.1. The van der Waals surface area contributed by atoms with Crippen LogP contribution in [-0.4, -0.2) is 28.9 Å². The summed E-state index contributed by atoms with van der Waals surface area (Å²) >= 11 is 0. The number of hydrogen-bond donors (Lipinski definition) is 0. The van der Waals surface area contributed by atoms with E-state index in [1.807, 2.05) is 43.0 Å². The summed E-state index contributed by atoms with van der Waals surface area (Å²) < 4.78 is 13.2. The number of nitrogens with zero attached hydrogens (tertiary/aromatic N) is 3. The number of halogens is 1. The van der Waals surface area contributed by atoms with Gasteiger partial charge in [-0.1, -0.05) is 24.3 Å². The number of hydrogen-bond acceptors (Lipinski definition) is 3. The lowest BCUT2D eigenvalue weighted by Gasteiger charge is -2.36. The van der Waals surface area contributed by atoms with Crippen LogP contribution in [0.2, 0.25) is 0 Å². The minimum atomic E-state index is -0.311. The number of benzene rings is 2. The summed E-state index contributed by atoms with van der Waals surface area (Å²) in [7, 11) is 0. The van der Waals surface area contributed by atoms with Gasteiger partial charge in [0, 0.05) is 0 Å². The van der Waals surface area contributed by atoms with E-state index >= 15 is 0 Å². The van der Waals surface area contributed by atoms with E-state index in [9.17, 15) is 9.18 Å². The highest BCUT2D eigenvalue weighted by Crippen LogP contribution is 2.35. The molecule has 0 unspecified atom stereocenters. The number of carbonyl (C=O) groups is 1. The van der Waals surface area contributed by atoms with Crippen molar-refractivity contribution in [3.05, 3.63) is 65.5 Å². The predicted molar refractivity (Wildman–Crippen MR) is 91.6 cm³/mol. The minimum Gasteiger partial charge on any atom is -0.307 e. The van der Waals surface area contributed by atoms with Crippen molar-refractivity contribution >= 4 is 17.6 Å². The van der Waals surface area contributed by atoms with Crippen LogP contribution in [0.3, 0.4) is 0 Å². The maximum atomic E-state index is 13.2. The molecule has 1 amide bonds. The van der Waals surface area contributed by atoms with Crippen LogP contribution in [0.4, 0.5) is 10.1 Å². The molecule has 5 heteroatoms. The smallest absolute Gasteiger partial charge is 0.262 e. The molecule has 0 spiro atoms. The van der Waals surface area contributed by atoms with E-state index in [1.165, 1.54) is 12.1 Å². The molecular formula is C19H18FN3O. The molecule has 0 radical (unpaired) electrons. The third-order valence-corrected chi connectivity index (χ3v) is 4.35. The second-order valence-corrected chi connectivity index (χ2v) is 6.85. The van der Waals surface area contributed by atoms with Gasteiger partial charge in [0.2, 0.25) is 5.96 Å². The molecule has 0 N–H and O–H groups in total. The van der Waals surface area contributed by atoms with Crippen molar-refractivity contribution in [2.45, 2.75) is 25.9 Å². The van der Waals surface area contributed by atoms with Gasteiger partial charge in [-0.15, -0.1) is 0 Å². The van der Waals surface area contributed by atoms with Gasteiger partial charge in [-0.25, -0.2) is 9.38 Å². The lowest BCUT2D eigenvalue weighted by atomic mass is 10.1. The molecule has 0 atom stereocenters. The van der Waals surface area contributed by atoms with Crippen LogP contribution in [0.5, 0.6) is 0 Å². The fraction of sp³-hybridized carbons (Fsp3) is 0.263. The van der Waals surface area contributed by atoms with Gasteiger partial charge in [0.1, 0.15) is 5.82 Å². The van der Waals surface area contributed by atoms with Crippen molar-refractivity contribution in [1.29, 1.82) is 0 Å². The van der Waals surface area contributed by atoms with E-state index in [2.05, 4.69) is 0 Å². The molecule has 0 saturated carbocycles. The van der Waals surface area contributed by atoms with E-state index in [0.29, 0.717) is 24.6 Å². The second kappa shape index (κ2) is 5.16. The molecule has 24 heavy (non-hydrogen) atoms. The average Bonchev–Trinajstić information content (AvgIpc) is 2.89. The Hall–Kier alpha value is -2.69. The Kier molecular flexibility index (Phi) is 3.20. The number of anilines is 1. The van der Waals surface area contributed by atoms with Gasteiger partial charge in [-0.05, 0) is 43.7 Å². The lowest BCUT2D eigenvalue weighted by molar-refractivity contribution is 0.0838. The summed E-state index contributed by atoms with van der Waals surface area (Å²) in [6.07, 6.45) is 0. The Morgan fingerprint density at radius 3 is 2.58 bits per heavy atom. The zero-order valence-corrected chi connectivity index (χ0v) is 13.7. The first-order valence-electron chi connectivity index (χ1n) is 7.97. The largest absolute Gasteiger partial charge is 0.307 e. The maximum absolute atomic E-state index is 13.2. The summed E-state index contributed by atoms with van der Waals surface area (Å²) in [5.74, 6) is 0.409. The SMILES string of the molecule is CC1(C)CN2C(=O)c3ccccc3N(Cc3ccc(F)cc3)C2=N1. The van der Waals surface area contributed by atoms with Crippen LogP contribution >= 0.6 is 0 Å². The number of para-hydroxylation sites is 1. The first-order chi connectivity index (χ1) is 11.4. The Labute approximate surface area is 140 Å². The van der Waals surface area contributed by atoms with E-state index in [0.717, 1.165) is 11.3 Å². The van der Waals surface area contributed by atoms with Gasteiger partial charge in [-0.3, -0.25) is 9.69 Å². The van der Waals surface area contributed by atoms with E-state index in [4.69, 9.17) is 4.99 Å². The quantitative estimate of drug-likeness (QED) is 0.849. The number of carbonyl (C=O) groups excluding carboxylic acids is 1. The van der Waals surface area contributed by atoms with Gasteiger partial charge in [0.15, 0.2) is 0 Å². The van der Waals surface area contributed by atoms with Crippen LogP contribution in [0.15, 0.2) is 53.5 Å². The fourth-order valence-electron chi connectivity index (χ4n) is 3.26. The molecular weight excluding hydrogens is 305 g/mol. The van der Waals surface area contributed by atoms with Crippen molar-refractivity contribution in [2.24, 2.45) is 4.99 Å². The number of rotatable bonds is 2. The molecule has 0 aliphatic carbocycles. The molecule has 0 bridgehead atoms. The highest BCUT2D eigenvalue weighted by molar-refractivity contribution is 6.19. The van der Waals surface area contributed by atoms with Gasteiger partial charge < -0.3 is 4.90 Å². The van der Waals surface area contributed by atoms with Crippen molar-refractivity contribution in [2.75, 3.05) is 11.4 Å². The highest BCUT2D eigenvalue weighted by Gasteiger charge is 2.42. The van der Waals surface area contributed by atoms with Crippen LogP contribution in [0, 0.1) is 5.82 Å². The van der Waals surface area contributed by atoms with Gasteiger partial charge in [-0.2, -0.15) is 0 Å². The average molecular weight is 323 g/mol. The third-order valence-electron chi connectivity index (χ3n) is 4.35. The molecule has 0 fully saturated rings. The zero-order valence-electron chi connectivity index (χ0n) is 13.7. The summed E-state index contributed by atoms with van der Waals surface area (Å²) in [5, 5.41) is 0. The molecule has 0 saturated heterocycles. The van der Waals surface area contributed by atoms with Crippen molar-refractivity contribution in [3.63, 3.8) is 0 Å².